The fraction of sp³-hybridized carbons (Fsp3) is 0.200. The number of carbonyl (C=O) groups excluding carboxylic acids is 2. The molecule has 0 aromatic heterocycles. The summed E-state index contributed by atoms with van der Waals surface area (Å²) in [6.07, 6.45) is -0.618. The summed E-state index contributed by atoms with van der Waals surface area (Å²) in [4.78, 5) is 24.4. The fourth-order valence-electron chi connectivity index (χ4n) is 2.95. The maximum atomic E-state index is 12.2. The van der Waals surface area contributed by atoms with Crippen molar-refractivity contribution >= 4 is 11.8 Å². The number of ether oxygens (including phenoxy) is 2. The van der Waals surface area contributed by atoms with E-state index in [0.717, 1.165) is 22.4 Å². The van der Waals surface area contributed by atoms with Gasteiger partial charge < -0.3 is 9.47 Å². The zero-order valence-corrected chi connectivity index (χ0v) is 17.6. The van der Waals surface area contributed by atoms with Gasteiger partial charge in [0.25, 0.3) is 5.91 Å². The van der Waals surface area contributed by atoms with Crippen LogP contribution >= 0.6 is 0 Å². The number of benzene rings is 3. The van der Waals surface area contributed by atoms with E-state index in [4.69, 9.17) is 9.47 Å². The molecule has 0 aliphatic heterocycles. The SMILES string of the molecule is CCOc1ccc(OC(C)C(=O)NNC(=O)Cc2ccc(-c3ccccc3)cc2)cc1. The van der Waals surface area contributed by atoms with E-state index < -0.39 is 12.0 Å². The Morgan fingerprint density at radius 3 is 2.06 bits per heavy atom. The Bertz CT molecular complexity index is 986. The van der Waals surface area contributed by atoms with Crippen molar-refractivity contribution in [1.29, 1.82) is 0 Å². The number of nitrogens with one attached hydrogen (secondary N) is 2. The van der Waals surface area contributed by atoms with Crippen LogP contribution in [0.25, 0.3) is 11.1 Å². The minimum absolute atomic E-state index is 0.156. The first-order valence-electron chi connectivity index (χ1n) is 10.2. The highest BCUT2D eigenvalue weighted by atomic mass is 16.5. The number of amides is 2. The first-order chi connectivity index (χ1) is 15.0. The normalized spacial score (nSPS) is 11.3. The lowest BCUT2D eigenvalue weighted by atomic mass is 10.0. The molecule has 0 radical (unpaired) electrons. The van der Waals surface area contributed by atoms with E-state index in [1.807, 2.05) is 61.5 Å². The molecule has 0 heterocycles. The molecule has 0 saturated heterocycles. The second-order valence-electron chi connectivity index (χ2n) is 6.94. The molecular weight excluding hydrogens is 392 g/mol. The Hall–Kier alpha value is -3.80. The van der Waals surface area contributed by atoms with Crippen molar-refractivity contribution in [1.82, 2.24) is 10.9 Å². The summed E-state index contributed by atoms with van der Waals surface area (Å²) >= 11 is 0. The van der Waals surface area contributed by atoms with Gasteiger partial charge in [0.15, 0.2) is 6.10 Å². The van der Waals surface area contributed by atoms with Gasteiger partial charge in [0, 0.05) is 0 Å². The quantitative estimate of drug-likeness (QED) is 0.544. The van der Waals surface area contributed by atoms with Gasteiger partial charge in [-0.3, -0.25) is 20.4 Å². The molecule has 2 amide bonds. The van der Waals surface area contributed by atoms with Crippen LogP contribution in [-0.2, 0) is 16.0 Å². The average Bonchev–Trinajstić information content (AvgIpc) is 2.80. The average molecular weight is 418 g/mol. The third-order valence-corrected chi connectivity index (χ3v) is 4.57. The van der Waals surface area contributed by atoms with Gasteiger partial charge in [-0.1, -0.05) is 54.6 Å². The molecule has 0 aliphatic carbocycles. The molecule has 0 spiro atoms. The summed E-state index contributed by atoms with van der Waals surface area (Å²) in [7, 11) is 0. The summed E-state index contributed by atoms with van der Waals surface area (Å²) in [5.74, 6) is 0.516. The maximum absolute atomic E-state index is 12.2. The van der Waals surface area contributed by atoms with Crippen LogP contribution in [0.5, 0.6) is 11.5 Å². The van der Waals surface area contributed by atoms with Crippen LogP contribution in [-0.4, -0.2) is 24.5 Å². The summed E-state index contributed by atoms with van der Waals surface area (Å²) in [6, 6.07) is 24.8. The molecule has 6 nitrogen and oxygen atoms in total. The molecule has 3 aromatic rings. The first-order valence-corrected chi connectivity index (χ1v) is 10.2. The van der Waals surface area contributed by atoms with Crippen LogP contribution in [0, 0.1) is 0 Å². The molecule has 1 unspecified atom stereocenters. The van der Waals surface area contributed by atoms with Gasteiger partial charge in [0.05, 0.1) is 13.0 Å². The number of carbonyl (C=O) groups is 2. The topological polar surface area (TPSA) is 76.7 Å². The Morgan fingerprint density at radius 2 is 1.42 bits per heavy atom. The van der Waals surface area contributed by atoms with Crippen LogP contribution in [0.1, 0.15) is 19.4 Å². The Morgan fingerprint density at radius 1 is 0.806 bits per heavy atom. The lowest BCUT2D eigenvalue weighted by molar-refractivity contribution is -0.132. The Labute approximate surface area is 182 Å². The van der Waals surface area contributed by atoms with Gasteiger partial charge in [0.1, 0.15) is 11.5 Å². The molecule has 0 bridgehead atoms. The van der Waals surface area contributed by atoms with Gasteiger partial charge in [-0.2, -0.15) is 0 Å². The molecule has 6 heteroatoms. The first kappa shape index (κ1) is 21.9. The van der Waals surface area contributed by atoms with E-state index in [9.17, 15) is 9.59 Å². The molecular formula is C25H26N2O4. The molecule has 0 fully saturated rings. The predicted molar refractivity (Wildman–Crippen MR) is 120 cm³/mol. The minimum atomic E-state index is -0.775. The van der Waals surface area contributed by atoms with Crippen LogP contribution in [0.15, 0.2) is 78.9 Å². The van der Waals surface area contributed by atoms with E-state index in [1.54, 1.807) is 31.2 Å². The van der Waals surface area contributed by atoms with Crippen LogP contribution in [0.4, 0.5) is 0 Å². The van der Waals surface area contributed by atoms with Crippen molar-refractivity contribution in [3.8, 4) is 22.6 Å². The van der Waals surface area contributed by atoms with Gasteiger partial charge in [0.2, 0.25) is 5.91 Å². The summed E-state index contributed by atoms with van der Waals surface area (Å²) in [5, 5.41) is 0. The van der Waals surface area contributed by atoms with Crippen LogP contribution in [0.2, 0.25) is 0 Å². The number of rotatable bonds is 8. The smallest absolute Gasteiger partial charge is 0.279 e. The predicted octanol–water partition coefficient (Wildman–Crippen LogP) is 3.91. The third-order valence-electron chi connectivity index (χ3n) is 4.57. The maximum Gasteiger partial charge on any atom is 0.279 e. The zero-order valence-electron chi connectivity index (χ0n) is 17.6. The molecule has 0 aliphatic rings. The lowest BCUT2D eigenvalue weighted by Gasteiger charge is -2.15. The summed E-state index contributed by atoms with van der Waals surface area (Å²) < 4.78 is 11.0. The molecule has 3 aromatic carbocycles. The molecule has 2 N–H and O–H groups in total. The van der Waals surface area contributed by atoms with E-state index in [1.165, 1.54) is 0 Å². The zero-order chi connectivity index (χ0) is 22.1. The standard InChI is InChI=1S/C25H26N2O4/c1-3-30-22-13-15-23(16-14-22)31-18(2)25(29)27-26-24(28)17-19-9-11-21(12-10-19)20-7-5-4-6-8-20/h4-16,18H,3,17H2,1-2H3,(H,26,28)(H,27,29). The van der Waals surface area contributed by atoms with Gasteiger partial charge in [-0.05, 0) is 54.8 Å². The lowest BCUT2D eigenvalue weighted by Crippen LogP contribution is -2.47. The molecule has 1 atom stereocenters. The van der Waals surface area contributed by atoms with Crippen molar-refractivity contribution in [2.75, 3.05) is 6.61 Å². The van der Waals surface area contributed by atoms with Gasteiger partial charge >= 0.3 is 0 Å². The van der Waals surface area contributed by atoms with Crippen LogP contribution < -0.4 is 20.3 Å². The Balaban J connectivity index is 1.44. The highest BCUT2D eigenvalue weighted by molar-refractivity contribution is 5.85. The second-order valence-corrected chi connectivity index (χ2v) is 6.94. The fourth-order valence-corrected chi connectivity index (χ4v) is 2.95. The molecule has 160 valence electrons. The number of hydrogen-bond acceptors (Lipinski definition) is 4. The van der Waals surface area contributed by atoms with Crippen molar-refractivity contribution in [3.63, 3.8) is 0 Å². The van der Waals surface area contributed by atoms with E-state index >= 15 is 0 Å². The van der Waals surface area contributed by atoms with Crippen molar-refractivity contribution in [3.05, 3.63) is 84.4 Å². The largest absolute Gasteiger partial charge is 0.494 e. The molecule has 3 rings (SSSR count). The Kier molecular flexibility index (Phi) is 7.65. The number of hydrazine groups is 1. The highest BCUT2D eigenvalue weighted by Crippen LogP contribution is 2.20. The minimum Gasteiger partial charge on any atom is -0.494 e. The third kappa shape index (κ3) is 6.60. The van der Waals surface area contributed by atoms with E-state index in [0.29, 0.717) is 12.4 Å². The molecule has 0 saturated carbocycles. The second kappa shape index (κ2) is 10.8. The summed E-state index contributed by atoms with van der Waals surface area (Å²) in [5.41, 5.74) is 7.89. The molecule has 31 heavy (non-hydrogen) atoms. The van der Waals surface area contributed by atoms with Crippen molar-refractivity contribution < 1.29 is 19.1 Å². The van der Waals surface area contributed by atoms with Crippen molar-refractivity contribution in [2.45, 2.75) is 26.4 Å². The van der Waals surface area contributed by atoms with Gasteiger partial charge in [-0.25, -0.2) is 0 Å². The van der Waals surface area contributed by atoms with E-state index in [-0.39, 0.29) is 12.3 Å². The van der Waals surface area contributed by atoms with Gasteiger partial charge in [-0.15, -0.1) is 0 Å². The van der Waals surface area contributed by atoms with E-state index in [2.05, 4.69) is 10.9 Å². The van der Waals surface area contributed by atoms with Crippen LogP contribution in [0.3, 0.4) is 0 Å². The van der Waals surface area contributed by atoms with Crippen molar-refractivity contribution in [2.24, 2.45) is 0 Å². The summed E-state index contributed by atoms with van der Waals surface area (Å²) in [6.45, 7) is 4.10. The highest BCUT2D eigenvalue weighted by Gasteiger charge is 2.15. The number of hydrogen-bond donors (Lipinski definition) is 2. The monoisotopic (exact) mass is 418 g/mol.